The molecule has 1 saturated carbocycles. The van der Waals surface area contributed by atoms with Crippen LogP contribution in [0.1, 0.15) is 61.6 Å². The van der Waals surface area contributed by atoms with Crippen LogP contribution in [0.15, 0.2) is 48.5 Å². The average Bonchev–Trinajstić information content (AvgIpc) is 3.18. The molecule has 0 aromatic heterocycles. The number of aryl methyl sites for hydroxylation is 2. The first-order chi connectivity index (χ1) is 15.7. The topological polar surface area (TPSA) is 47.6 Å². The van der Waals surface area contributed by atoms with Crippen molar-refractivity contribution in [2.24, 2.45) is 5.92 Å². The Morgan fingerprint density at radius 2 is 1.81 bits per heavy atom. The summed E-state index contributed by atoms with van der Waals surface area (Å²) in [5.41, 5.74) is 4.58. The Hall–Kier alpha value is -2.33. The Kier molecular flexibility index (Phi) is 7.85. The van der Waals surface area contributed by atoms with E-state index in [1.54, 1.807) is 0 Å². The first-order valence-electron chi connectivity index (χ1n) is 12.3. The largest absolute Gasteiger partial charge is 0.494 e. The number of hydrogen-bond acceptors (Lipinski definition) is 4. The Morgan fingerprint density at radius 1 is 1.03 bits per heavy atom. The van der Waals surface area contributed by atoms with Crippen molar-refractivity contribution in [1.29, 1.82) is 0 Å². The van der Waals surface area contributed by atoms with Gasteiger partial charge in [0.05, 0.1) is 19.6 Å². The minimum Gasteiger partial charge on any atom is -0.494 e. The van der Waals surface area contributed by atoms with Crippen LogP contribution in [0.4, 0.5) is 0 Å². The molecule has 1 spiro atoms. The molecule has 0 radical (unpaired) electrons. The third-order valence-electron chi connectivity index (χ3n) is 7.43. The van der Waals surface area contributed by atoms with Gasteiger partial charge in [-0.25, -0.2) is 0 Å². The maximum atomic E-state index is 11.9. The normalized spacial score (nSPS) is 22.0. The van der Waals surface area contributed by atoms with E-state index in [2.05, 4.69) is 53.8 Å². The molecule has 4 nitrogen and oxygen atoms in total. The number of esters is 1. The molecular formula is C28H37NO3. The zero-order valence-corrected chi connectivity index (χ0v) is 19.4. The van der Waals surface area contributed by atoms with E-state index in [4.69, 9.17) is 9.47 Å². The van der Waals surface area contributed by atoms with Crippen molar-refractivity contribution in [3.05, 3.63) is 65.2 Å². The van der Waals surface area contributed by atoms with Gasteiger partial charge in [0.2, 0.25) is 0 Å². The van der Waals surface area contributed by atoms with Crippen LogP contribution in [0.2, 0.25) is 0 Å². The van der Waals surface area contributed by atoms with Crippen molar-refractivity contribution in [3.63, 3.8) is 0 Å². The fourth-order valence-electron chi connectivity index (χ4n) is 5.53. The summed E-state index contributed by atoms with van der Waals surface area (Å²) in [5.74, 6) is 1.03. The predicted molar refractivity (Wildman–Crippen MR) is 128 cm³/mol. The van der Waals surface area contributed by atoms with Crippen LogP contribution in [-0.2, 0) is 27.8 Å². The summed E-state index contributed by atoms with van der Waals surface area (Å²) in [6, 6.07) is 17.3. The van der Waals surface area contributed by atoms with Crippen molar-refractivity contribution in [3.8, 4) is 5.75 Å². The fourth-order valence-corrected chi connectivity index (χ4v) is 5.53. The second-order valence-electron chi connectivity index (χ2n) is 9.44. The summed E-state index contributed by atoms with van der Waals surface area (Å²) in [7, 11) is 1.50. The van der Waals surface area contributed by atoms with Gasteiger partial charge in [0.25, 0.3) is 0 Å². The predicted octanol–water partition coefficient (Wildman–Crippen LogP) is 5.23. The maximum absolute atomic E-state index is 11.9. The van der Waals surface area contributed by atoms with E-state index in [0.29, 0.717) is 0 Å². The van der Waals surface area contributed by atoms with E-state index >= 15 is 0 Å². The lowest BCUT2D eigenvalue weighted by atomic mass is 9.67. The SMILES string of the molecule is COC(=O)C1CCC2(CCc3ccc(OCCCNCCCc4ccccc4)cc32)CC1. The third-order valence-corrected chi connectivity index (χ3v) is 7.43. The van der Waals surface area contributed by atoms with Crippen molar-refractivity contribution >= 4 is 5.97 Å². The van der Waals surface area contributed by atoms with Crippen molar-refractivity contribution in [2.45, 2.75) is 63.2 Å². The van der Waals surface area contributed by atoms with Crippen molar-refractivity contribution < 1.29 is 14.3 Å². The van der Waals surface area contributed by atoms with Gasteiger partial charge in [0, 0.05) is 0 Å². The summed E-state index contributed by atoms with van der Waals surface area (Å²) in [5, 5.41) is 3.53. The van der Waals surface area contributed by atoms with Crippen LogP contribution >= 0.6 is 0 Å². The van der Waals surface area contributed by atoms with Crippen LogP contribution in [0.5, 0.6) is 5.75 Å². The van der Waals surface area contributed by atoms with Crippen molar-refractivity contribution in [2.75, 3.05) is 26.8 Å². The molecule has 2 aromatic rings. The van der Waals surface area contributed by atoms with Gasteiger partial charge in [-0.05, 0) is 105 Å². The molecule has 0 atom stereocenters. The fraction of sp³-hybridized carbons (Fsp3) is 0.536. The summed E-state index contributed by atoms with van der Waals surface area (Å²) < 4.78 is 11.1. The number of rotatable bonds is 10. The highest BCUT2D eigenvalue weighted by atomic mass is 16.5. The maximum Gasteiger partial charge on any atom is 0.308 e. The molecule has 4 rings (SSSR count). The third kappa shape index (κ3) is 5.53. The van der Waals surface area contributed by atoms with Crippen LogP contribution < -0.4 is 10.1 Å². The summed E-state index contributed by atoms with van der Waals surface area (Å²) in [4.78, 5) is 11.9. The second-order valence-corrected chi connectivity index (χ2v) is 9.44. The van der Waals surface area contributed by atoms with Crippen LogP contribution in [0, 0.1) is 5.92 Å². The number of hydrogen-bond donors (Lipinski definition) is 1. The first kappa shape index (κ1) is 22.8. The molecule has 0 bridgehead atoms. The number of nitrogens with one attached hydrogen (secondary N) is 1. The van der Waals surface area contributed by atoms with E-state index < -0.39 is 0 Å². The van der Waals surface area contributed by atoms with E-state index in [-0.39, 0.29) is 17.3 Å². The molecule has 1 N–H and O–H groups in total. The van der Waals surface area contributed by atoms with E-state index in [0.717, 1.165) is 76.8 Å². The van der Waals surface area contributed by atoms with Gasteiger partial charge in [0.15, 0.2) is 0 Å². The van der Waals surface area contributed by atoms with Gasteiger partial charge >= 0.3 is 5.97 Å². The number of carbonyl (C=O) groups excluding carboxylic acids is 1. The molecule has 172 valence electrons. The number of methoxy groups -OCH3 is 1. The number of benzene rings is 2. The minimum absolute atomic E-state index is 0.0381. The standard InChI is InChI=1S/C28H37NO3/c1-31-27(30)24-13-16-28(17-14-24)15-12-23-10-11-25(21-26(23)28)32-20-6-19-29-18-5-9-22-7-3-2-4-8-22/h2-4,7-8,10-11,21,24,29H,5-6,9,12-20H2,1H3. The molecular weight excluding hydrogens is 398 g/mol. The number of fused-ring (bicyclic) bond motifs is 2. The average molecular weight is 436 g/mol. The zero-order chi connectivity index (χ0) is 22.2. The van der Waals surface area contributed by atoms with Crippen LogP contribution in [0.3, 0.4) is 0 Å². The highest BCUT2D eigenvalue weighted by Crippen LogP contribution is 2.50. The van der Waals surface area contributed by atoms with Crippen LogP contribution in [-0.4, -0.2) is 32.8 Å². The summed E-state index contributed by atoms with van der Waals surface area (Å²) in [6.45, 7) is 2.77. The lowest BCUT2D eigenvalue weighted by Gasteiger charge is -2.37. The zero-order valence-electron chi connectivity index (χ0n) is 19.4. The van der Waals surface area contributed by atoms with Crippen LogP contribution in [0.25, 0.3) is 0 Å². The van der Waals surface area contributed by atoms with Gasteiger partial charge in [0.1, 0.15) is 5.75 Å². The highest BCUT2D eigenvalue weighted by molar-refractivity contribution is 5.72. The molecule has 1 fully saturated rings. The Labute approximate surface area is 192 Å². The van der Waals surface area contributed by atoms with Crippen molar-refractivity contribution in [1.82, 2.24) is 5.32 Å². The van der Waals surface area contributed by atoms with E-state index in [1.807, 2.05) is 0 Å². The molecule has 0 aliphatic heterocycles. The molecule has 0 saturated heterocycles. The second kappa shape index (κ2) is 11.0. The van der Waals surface area contributed by atoms with E-state index in [9.17, 15) is 4.79 Å². The Balaban J connectivity index is 1.18. The minimum atomic E-state index is -0.0381. The van der Waals surface area contributed by atoms with Gasteiger partial charge in [-0.2, -0.15) is 0 Å². The Bertz CT molecular complexity index is 872. The van der Waals surface area contributed by atoms with Gasteiger partial charge in [-0.3, -0.25) is 4.79 Å². The lowest BCUT2D eigenvalue weighted by molar-refractivity contribution is -0.147. The van der Waals surface area contributed by atoms with Gasteiger partial charge < -0.3 is 14.8 Å². The first-order valence-corrected chi connectivity index (χ1v) is 12.3. The number of ether oxygens (including phenoxy) is 2. The molecule has 32 heavy (non-hydrogen) atoms. The highest BCUT2D eigenvalue weighted by Gasteiger charge is 2.43. The summed E-state index contributed by atoms with van der Waals surface area (Å²) >= 11 is 0. The van der Waals surface area contributed by atoms with Gasteiger partial charge in [-0.15, -0.1) is 0 Å². The monoisotopic (exact) mass is 435 g/mol. The Morgan fingerprint density at radius 3 is 2.59 bits per heavy atom. The molecule has 2 aliphatic rings. The molecule has 0 amide bonds. The summed E-state index contributed by atoms with van der Waals surface area (Å²) in [6.07, 6.45) is 9.68. The lowest BCUT2D eigenvalue weighted by Crippen LogP contribution is -2.32. The van der Waals surface area contributed by atoms with Gasteiger partial charge in [-0.1, -0.05) is 36.4 Å². The molecule has 0 heterocycles. The molecule has 2 aliphatic carbocycles. The molecule has 0 unspecified atom stereocenters. The number of carbonyl (C=O) groups is 1. The molecule has 2 aromatic carbocycles. The molecule has 4 heteroatoms. The quantitative estimate of drug-likeness (QED) is 0.410. The smallest absolute Gasteiger partial charge is 0.308 e. The van der Waals surface area contributed by atoms with E-state index in [1.165, 1.54) is 30.2 Å².